The van der Waals surface area contributed by atoms with Crippen molar-refractivity contribution in [3.63, 3.8) is 0 Å². The van der Waals surface area contributed by atoms with E-state index in [9.17, 15) is 4.79 Å². The van der Waals surface area contributed by atoms with E-state index in [0.29, 0.717) is 22.5 Å². The van der Waals surface area contributed by atoms with Crippen LogP contribution in [0.1, 0.15) is 5.56 Å². The molecular formula is C17H17N7O2S. The van der Waals surface area contributed by atoms with E-state index in [-0.39, 0.29) is 0 Å². The van der Waals surface area contributed by atoms with E-state index in [1.54, 1.807) is 18.3 Å². The number of aromatic nitrogens is 4. The van der Waals surface area contributed by atoms with Crippen LogP contribution in [0.5, 0.6) is 0 Å². The number of carbonyl (C=O) groups is 1. The Morgan fingerprint density at radius 3 is 3.11 bits per heavy atom. The van der Waals surface area contributed by atoms with E-state index < -0.39 is 6.09 Å². The molecule has 1 aliphatic heterocycles. The number of hydrogen-bond acceptors (Lipinski definition) is 9. The SMILES string of the molecule is COC(=O)Nc1cccnc1Nc1nc(-c2cc3c(cn2)N(C)CC3)ns1. The number of methoxy groups -OCH3 is 1. The van der Waals surface area contributed by atoms with Gasteiger partial charge in [-0.15, -0.1) is 0 Å². The van der Waals surface area contributed by atoms with Crippen LogP contribution in [-0.2, 0) is 11.2 Å². The second-order valence-corrected chi connectivity index (χ2v) is 6.69. The van der Waals surface area contributed by atoms with Crippen molar-refractivity contribution in [1.82, 2.24) is 19.3 Å². The van der Waals surface area contributed by atoms with E-state index >= 15 is 0 Å². The third-order valence-corrected chi connectivity index (χ3v) is 4.83. The number of pyridine rings is 2. The molecule has 0 unspecified atom stereocenters. The number of nitrogens with zero attached hydrogens (tertiary/aromatic N) is 5. The normalized spacial score (nSPS) is 12.6. The molecule has 1 aliphatic rings. The van der Waals surface area contributed by atoms with Gasteiger partial charge in [0, 0.05) is 31.3 Å². The molecule has 138 valence electrons. The largest absolute Gasteiger partial charge is 0.453 e. The lowest BCUT2D eigenvalue weighted by Crippen LogP contribution is -2.12. The number of amides is 1. The van der Waals surface area contributed by atoms with E-state index in [1.165, 1.54) is 24.2 Å². The van der Waals surface area contributed by atoms with Crippen LogP contribution in [-0.4, -0.2) is 46.1 Å². The van der Waals surface area contributed by atoms with Crippen LogP contribution >= 0.6 is 11.5 Å². The van der Waals surface area contributed by atoms with Crippen LogP contribution in [0.4, 0.5) is 27.1 Å². The summed E-state index contributed by atoms with van der Waals surface area (Å²) in [5, 5.41) is 6.24. The van der Waals surface area contributed by atoms with Crippen molar-refractivity contribution in [1.29, 1.82) is 0 Å². The second kappa shape index (κ2) is 7.16. The molecule has 0 saturated heterocycles. The molecule has 1 amide bonds. The predicted molar refractivity (Wildman–Crippen MR) is 104 cm³/mol. The fourth-order valence-electron chi connectivity index (χ4n) is 2.81. The minimum Gasteiger partial charge on any atom is -0.453 e. The van der Waals surface area contributed by atoms with Crippen LogP contribution < -0.4 is 15.5 Å². The van der Waals surface area contributed by atoms with E-state index in [0.717, 1.165) is 24.3 Å². The summed E-state index contributed by atoms with van der Waals surface area (Å²) in [6.45, 7) is 0.993. The maximum Gasteiger partial charge on any atom is 0.411 e. The Bertz CT molecular complexity index is 991. The van der Waals surface area contributed by atoms with Gasteiger partial charge in [-0.25, -0.2) is 9.78 Å². The molecule has 0 radical (unpaired) electrons. The molecule has 27 heavy (non-hydrogen) atoms. The highest BCUT2D eigenvalue weighted by Gasteiger charge is 2.18. The highest BCUT2D eigenvalue weighted by molar-refractivity contribution is 7.09. The van der Waals surface area contributed by atoms with Gasteiger partial charge in [0.05, 0.1) is 24.7 Å². The maximum absolute atomic E-state index is 11.5. The Kier molecular flexibility index (Phi) is 4.55. The highest BCUT2D eigenvalue weighted by atomic mass is 32.1. The first-order valence-electron chi connectivity index (χ1n) is 8.25. The van der Waals surface area contributed by atoms with E-state index in [2.05, 4.69) is 46.6 Å². The number of carbonyl (C=O) groups excluding carboxylic acids is 1. The summed E-state index contributed by atoms with van der Waals surface area (Å²) in [6.07, 6.45) is 3.90. The van der Waals surface area contributed by atoms with Gasteiger partial charge in [0.15, 0.2) is 11.6 Å². The van der Waals surface area contributed by atoms with Crippen molar-refractivity contribution in [2.75, 3.05) is 36.2 Å². The van der Waals surface area contributed by atoms with Gasteiger partial charge in [-0.2, -0.15) is 9.36 Å². The minimum absolute atomic E-state index is 0.453. The fraction of sp³-hybridized carbons (Fsp3) is 0.235. The van der Waals surface area contributed by atoms with Gasteiger partial charge in [-0.1, -0.05) is 0 Å². The number of anilines is 4. The zero-order valence-corrected chi connectivity index (χ0v) is 15.6. The van der Waals surface area contributed by atoms with E-state index in [1.807, 2.05) is 12.3 Å². The molecule has 10 heteroatoms. The zero-order chi connectivity index (χ0) is 18.8. The number of rotatable bonds is 4. The van der Waals surface area contributed by atoms with Gasteiger partial charge in [-0.05, 0) is 30.2 Å². The number of likely N-dealkylation sites (N-methyl/N-ethyl adjacent to an activating group) is 1. The summed E-state index contributed by atoms with van der Waals surface area (Å²) in [6, 6.07) is 5.47. The summed E-state index contributed by atoms with van der Waals surface area (Å²) in [5.74, 6) is 1.01. The van der Waals surface area contributed by atoms with Crippen molar-refractivity contribution in [3.8, 4) is 11.5 Å². The molecule has 0 fully saturated rings. The predicted octanol–water partition coefficient (Wildman–Crippen LogP) is 2.91. The standard InChI is InChI=1S/C17H17N7O2S/c1-24-7-5-10-8-12(19-9-13(10)24)15-22-16(27-23-15)21-14-11(4-3-6-18-14)20-17(25)26-2/h3-4,6,8-9H,5,7H2,1-2H3,(H,20,25)(H,18,21,22,23). The summed E-state index contributed by atoms with van der Waals surface area (Å²) in [5.41, 5.74) is 3.63. The molecule has 4 heterocycles. The van der Waals surface area contributed by atoms with Gasteiger partial charge in [0.25, 0.3) is 0 Å². The summed E-state index contributed by atoms with van der Waals surface area (Å²) >= 11 is 1.20. The van der Waals surface area contributed by atoms with Crippen LogP contribution in [0.15, 0.2) is 30.6 Å². The lowest BCUT2D eigenvalue weighted by molar-refractivity contribution is 0.187. The first kappa shape index (κ1) is 17.2. The number of nitrogens with one attached hydrogen (secondary N) is 2. The zero-order valence-electron chi connectivity index (χ0n) is 14.8. The van der Waals surface area contributed by atoms with Crippen molar-refractivity contribution in [3.05, 3.63) is 36.2 Å². The molecule has 9 nitrogen and oxygen atoms in total. The third-order valence-electron chi connectivity index (χ3n) is 4.20. The molecule has 0 atom stereocenters. The van der Waals surface area contributed by atoms with Crippen molar-refractivity contribution in [2.45, 2.75) is 6.42 Å². The molecule has 0 spiro atoms. The number of ether oxygens (including phenoxy) is 1. The maximum atomic E-state index is 11.5. The molecule has 3 aromatic rings. The Morgan fingerprint density at radius 2 is 2.26 bits per heavy atom. The first-order valence-corrected chi connectivity index (χ1v) is 9.02. The smallest absolute Gasteiger partial charge is 0.411 e. The molecule has 0 saturated carbocycles. The van der Waals surface area contributed by atoms with Gasteiger partial charge >= 0.3 is 6.09 Å². The molecule has 4 rings (SSSR count). The average Bonchev–Trinajstić information content (AvgIpc) is 3.30. The Hall–Kier alpha value is -3.27. The molecule has 2 N–H and O–H groups in total. The minimum atomic E-state index is -0.573. The van der Waals surface area contributed by atoms with Gasteiger partial charge in [-0.3, -0.25) is 10.3 Å². The fourth-order valence-corrected chi connectivity index (χ4v) is 3.39. The van der Waals surface area contributed by atoms with Crippen LogP contribution in [0.3, 0.4) is 0 Å². The summed E-state index contributed by atoms with van der Waals surface area (Å²) in [4.78, 5) is 26.9. The molecule has 0 aromatic carbocycles. The Balaban J connectivity index is 1.55. The third kappa shape index (κ3) is 3.51. The molecule has 3 aromatic heterocycles. The Labute approximate surface area is 159 Å². The average molecular weight is 383 g/mol. The van der Waals surface area contributed by atoms with E-state index in [4.69, 9.17) is 0 Å². The highest BCUT2D eigenvalue weighted by Crippen LogP contribution is 2.30. The molecule has 0 aliphatic carbocycles. The van der Waals surface area contributed by atoms with Crippen LogP contribution in [0.2, 0.25) is 0 Å². The quantitative estimate of drug-likeness (QED) is 0.708. The summed E-state index contributed by atoms with van der Waals surface area (Å²) in [7, 11) is 3.36. The van der Waals surface area contributed by atoms with Gasteiger partial charge < -0.3 is 15.0 Å². The molecule has 0 bridgehead atoms. The topological polar surface area (TPSA) is 105 Å². The summed E-state index contributed by atoms with van der Waals surface area (Å²) < 4.78 is 9.01. The van der Waals surface area contributed by atoms with Crippen LogP contribution in [0, 0.1) is 0 Å². The van der Waals surface area contributed by atoms with Crippen LogP contribution in [0.25, 0.3) is 11.5 Å². The monoisotopic (exact) mass is 383 g/mol. The molecular weight excluding hydrogens is 366 g/mol. The number of fused-ring (bicyclic) bond motifs is 1. The van der Waals surface area contributed by atoms with Crippen molar-refractivity contribution < 1.29 is 9.53 Å². The lowest BCUT2D eigenvalue weighted by atomic mass is 10.2. The first-order chi connectivity index (χ1) is 13.1. The van der Waals surface area contributed by atoms with Gasteiger partial charge in [0.1, 0.15) is 5.69 Å². The van der Waals surface area contributed by atoms with Crippen molar-refractivity contribution >= 4 is 39.9 Å². The van der Waals surface area contributed by atoms with Crippen molar-refractivity contribution in [2.24, 2.45) is 0 Å². The second-order valence-electron chi connectivity index (χ2n) is 5.93. The number of hydrogen-bond donors (Lipinski definition) is 2. The Morgan fingerprint density at radius 1 is 1.37 bits per heavy atom. The van der Waals surface area contributed by atoms with Gasteiger partial charge in [0.2, 0.25) is 5.13 Å². The lowest BCUT2D eigenvalue weighted by Gasteiger charge is -2.10.